The van der Waals surface area contributed by atoms with Crippen molar-refractivity contribution in [3.05, 3.63) is 48.0 Å². The van der Waals surface area contributed by atoms with Gasteiger partial charge in [0.1, 0.15) is 5.01 Å². The molecule has 3 aromatic rings. The molecule has 1 amide bonds. The lowest BCUT2D eigenvalue weighted by Crippen LogP contribution is -2.37. The van der Waals surface area contributed by atoms with Gasteiger partial charge in [-0.05, 0) is 55.3 Å². The molecule has 2 saturated heterocycles. The Morgan fingerprint density at radius 1 is 1.19 bits per heavy atom. The second-order valence-corrected chi connectivity index (χ2v) is 12.6. The Balaban J connectivity index is 1.48. The first-order valence-corrected chi connectivity index (χ1v) is 14.1. The summed E-state index contributed by atoms with van der Waals surface area (Å²) in [6, 6.07) is 14.0. The number of amides is 1. The quantitative estimate of drug-likeness (QED) is 0.534. The van der Waals surface area contributed by atoms with Gasteiger partial charge in [0, 0.05) is 22.9 Å². The number of aliphatic imine (C=N–C) groups is 1. The molecule has 2 aliphatic heterocycles. The molecule has 0 unspecified atom stereocenters. The normalized spacial score (nSPS) is 23.2. The molecule has 32 heavy (non-hydrogen) atoms. The number of thiazole rings is 1. The lowest BCUT2D eigenvalue weighted by Gasteiger charge is -2.24. The van der Waals surface area contributed by atoms with Gasteiger partial charge in [-0.25, -0.2) is 13.4 Å². The first-order valence-electron chi connectivity index (χ1n) is 10.6. The maximum absolute atomic E-state index is 12.2. The molecule has 5 rings (SSSR count). The summed E-state index contributed by atoms with van der Waals surface area (Å²) in [4.78, 5) is 23.2. The van der Waals surface area contributed by atoms with Gasteiger partial charge in [0.2, 0.25) is 5.91 Å². The van der Waals surface area contributed by atoms with Gasteiger partial charge in [-0.15, -0.1) is 11.3 Å². The number of rotatable bonds is 4. The minimum atomic E-state index is -3.09. The summed E-state index contributed by atoms with van der Waals surface area (Å²) in [6.07, 6.45) is 1.12. The summed E-state index contributed by atoms with van der Waals surface area (Å²) in [5.41, 5.74) is 4.06. The number of nitrogens with zero attached hydrogens (tertiary/aromatic N) is 3. The molecule has 0 aliphatic carbocycles. The Labute approximate surface area is 195 Å². The van der Waals surface area contributed by atoms with E-state index in [1.54, 1.807) is 11.3 Å². The molecule has 166 valence electrons. The van der Waals surface area contributed by atoms with Crippen LogP contribution < -0.4 is 4.90 Å². The van der Waals surface area contributed by atoms with Crippen LogP contribution in [0.4, 0.5) is 5.69 Å². The van der Waals surface area contributed by atoms with Gasteiger partial charge in [-0.1, -0.05) is 24.8 Å². The SMILES string of the molecule is CCCC(=O)N=C1S[C@@H]2CS(=O)(=O)C[C@H]2N1c1ccc(-c2nc3ccc(C)cc3s2)cc1. The average molecular weight is 486 g/mol. The summed E-state index contributed by atoms with van der Waals surface area (Å²) < 4.78 is 25.6. The zero-order chi connectivity index (χ0) is 22.5. The molecule has 0 saturated carbocycles. The van der Waals surface area contributed by atoms with Crippen molar-refractivity contribution in [1.82, 2.24) is 4.98 Å². The number of benzene rings is 2. The van der Waals surface area contributed by atoms with E-state index in [1.165, 1.54) is 17.3 Å². The molecular weight excluding hydrogens is 462 g/mol. The fourth-order valence-corrected chi connectivity index (χ4v) is 9.16. The van der Waals surface area contributed by atoms with Crippen molar-refractivity contribution in [1.29, 1.82) is 0 Å². The van der Waals surface area contributed by atoms with E-state index in [2.05, 4.69) is 24.0 Å². The average Bonchev–Trinajstić information content (AvgIpc) is 3.37. The zero-order valence-electron chi connectivity index (χ0n) is 17.8. The lowest BCUT2D eigenvalue weighted by atomic mass is 10.1. The van der Waals surface area contributed by atoms with E-state index < -0.39 is 9.84 Å². The molecule has 3 heterocycles. The third-order valence-electron chi connectivity index (χ3n) is 5.69. The molecule has 6 nitrogen and oxygen atoms in total. The number of amidine groups is 1. The molecule has 2 fully saturated rings. The fourth-order valence-electron chi connectivity index (χ4n) is 4.16. The monoisotopic (exact) mass is 485 g/mol. The predicted molar refractivity (Wildman–Crippen MR) is 133 cm³/mol. The molecule has 1 aromatic heterocycles. The molecule has 0 spiro atoms. The predicted octanol–water partition coefficient (Wildman–Crippen LogP) is 4.67. The number of anilines is 1. The maximum atomic E-state index is 12.2. The molecule has 0 bridgehead atoms. The second-order valence-electron chi connectivity index (χ2n) is 8.25. The number of aromatic nitrogens is 1. The summed E-state index contributed by atoms with van der Waals surface area (Å²) >= 11 is 3.07. The van der Waals surface area contributed by atoms with E-state index in [0.717, 1.165) is 32.9 Å². The van der Waals surface area contributed by atoms with Crippen LogP contribution in [-0.2, 0) is 14.6 Å². The number of sulfone groups is 1. The Hall–Kier alpha value is -2.23. The van der Waals surface area contributed by atoms with Crippen molar-refractivity contribution < 1.29 is 13.2 Å². The van der Waals surface area contributed by atoms with Crippen molar-refractivity contribution in [3.8, 4) is 10.6 Å². The van der Waals surface area contributed by atoms with Crippen molar-refractivity contribution in [2.45, 2.75) is 38.0 Å². The van der Waals surface area contributed by atoms with Crippen LogP contribution in [0.2, 0.25) is 0 Å². The minimum absolute atomic E-state index is 0.0879. The van der Waals surface area contributed by atoms with Gasteiger partial charge in [-0.3, -0.25) is 4.79 Å². The zero-order valence-corrected chi connectivity index (χ0v) is 20.3. The molecule has 0 N–H and O–H groups in total. The standard InChI is InChI=1S/C23H23N3O3S3/c1-3-4-21(27)25-23-26(18-12-32(28,29)13-20(18)31-23)16-8-6-15(7-9-16)22-24-17-10-5-14(2)11-19(17)30-22/h5-11,18,20H,3-4,12-13H2,1-2H3/t18-,20-/m1/s1. The highest BCUT2D eigenvalue weighted by atomic mass is 32.2. The first kappa shape index (κ1) is 21.6. The summed E-state index contributed by atoms with van der Waals surface area (Å²) in [5, 5.41) is 1.46. The lowest BCUT2D eigenvalue weighted by molar-refractivity contribution is -0.117. The molecule has 2 aliphatic rings. The van der Waals surface area contributed by atoms with Gasteiger partial charge in [0.15, 0.2) is 15.0 Å². The summed E-state index contributed by atoms with van der Waals surface area (Å²) in [7, 11) is -3.09. The number of hydrogen-bond acceptors (Lipinski definition) is 6. The smallest absolute Gasteiger partial charge is 0.248 e. The largest absolute Gasteiger partial charge is 0.316 e. The van der Waals surface area contributed by atoms with Crippen LogP contribution in [0.1, 0.15) is 25.3 Å². The summed E-state index contributed by atoms with van der Waals surface area (Å²) in [6.45, 7) is 4.02. The minimum Gasteiger partial charge on any atom is -0.316 e. The van der Waals surface area contributed by atoms with E-state index in [4.69, 9.17) is 4.98 Å². The van der Waals surface area contributed by atoms with Crippen LogP contribution in [0.5, 0.6) is 0 Å². The van der Waals surface area contributed by atoms with Crippen LogP contribution in [0.3, 0.4) is 0 Å². The number of carbonyl (C=O) groups excluding carboxylic acids is 1. The van der Waals surface area contributed by atoms with Gasteiger partial charge in [-0.2, -0.15) is 4.99 Å². The highest BCUT2D eigenvalue weighted by Gasteiger charge is 2.49. The van der Waals surface area contributed by atoms with E-state index in [9.17, 15) is 13.2 Å². The molecule has 2 aromatic carbocycles. The fraction of sp³-hybridized carbons (Fsp3) is 0.348. The van der Waals surface area contributed by atoms with Gasteiger partial charge in [0.05, 0.1) is 27.8 Å². The second kappa shape index (κ2) is 8.28. The van der Waals surface area contributed by atoms with E-state index >= 15 is 0 Å². The van der Waals surface area contributed by atoms with Crippen LogP contribution in [0.15, 0.2) is 47.5 Å². The highest BCUT2D eigenvalue weighted by Crippen LogP contribution is 2.41. The Morgan fingerprint density at radius 2 is 1.97 bits per heavy atom. The molecule has 2 atom stereocenters. The van der Waals surface area contributed by atoms with Crippen molar-refractivity contribution in [2.75, 3.05) is 16.4 Å². The molecule has 9 heteroatoms. The van der Waals surface area contributed by atoms with Crippen molar-refractivity contribution in [3.63, 3.8) is 0 Å². The van der Waals surface area contributed by atoms with Gasteiger partial charge >= 0.3 is 0 Å². The van der Waals surface area contributed by atoms with Crippen LogP contribution in [0, 0.1) is 6.92 Å². The van der Waals surface area contributed by atoms with Gasteiger partial charge < -0.3 is 4.90 Å². The number of hydrogen-bond donors (Lipinski definition) is 0. The molecular formula is C23H23N3O3S3. The van der Waals surface area contributed by atoms with E-state index in [-0.39, 0.29) is 28.7 Å². The Kier molecular flexibility index (Phi) is 5.59. The Morgan fingerprint density at radius 3 is 2.72 bits per heavy atom. The van der Waals surface area contributed by atoms with Crippen LogP contribution >= 0.6 is 23.1 Å². The third kappa shape index (κ3) is 4.09. The maximum Gasteiger partial charge on any atom is 0.248 e. The third-order valence-corrected chi connectivity index (χ3v) is 9.96. The first-order chi connectivity index (χ1) is 15.3. The van der Waals surface area contributed by atoms with E-state index in [0.29, 0.717) is 11.6 Å². The topological polar surface area (TPSA) is 79.7 Å². The highest BCUT2D eigenvalue weighted by molar-refractivity contribution is 8.16. The Bertz CT molecular complexity index is 1330. The number of aryl methyl sites for hydroxylation is 1. The van der Waals surface area contributed by atoms with Crippen LogP contribution in [-0.4, -0.2) is 47.3 Å². The molecule has 0 radical (unpaired) electrons. The van der Waals surface area contributed by atoms with Crippen LogP contribution in [0.25, 0.3) is 20.8 Å². The van der Waals surface area contributed by atoms with Gasteiger partial charge in [0.25, 0.3) is 0 Å². The van der Waals surface area contributed by atoms with Crippen molar-refractivity contribution >= 4 is 59.9 Å². The van der Waals surface area contributed by atoms with E-state index in [1.807, 2.05) is 42.2 Å². The number of fused-ring (bicyclic) bond motifs is 2. The summed E-state index contributed by atoms with van der Waals surface area (Å²) in [5.74, 6) is 0.0532. The number of thioether (sulfide) groups is 1. The van der Waals surface area contributed by atoms with Crippen molar-refractivity contribution in [2.24, 2.45) is 4.99 Å². The number of carbonyl (C=O) groups is 1.